The highest BCUT2D eigenvalue weighted by molar-refractivity contribution is 5.81. The van der Waals surface area contributed by atoms with Gasteiger partial charge in [0.05, 0.1) is 12.1 Å². The van der Waals surface area contributed by atoms with Gasteiger partial charge in [0.15, 0.2) is 0 Å². The monoisotopic (exact) mass is 221 g/mol. The zero-order valence-corrected chi connectivity index (χ0v) is 10.1. The summed E-state index contributed by atoms with van der Waals surface area (Å²) in [5.74, 6) is 0.0394. The minimum absolute atomic E-state index is 0.0394. The van der Waals surface area contributed by atoms with Crippen molar-refractivity contribution in [3.63, 3.8) is 0 Å². The maximum Gasteiger partial charge on any atom is 0.239 e. The number of amides is 1. The number of aryl methyl sites for hydroxylation is 1. The van der Waals surface area contributed by atoms with Crippen LogP contribution in [0.1, 0.15) is 31.3 Å². The quantitative estimate of drug-likeness (QED) is 0.770. The summed E-state index contributed by atoms with van der Waals surface area (Å²) < 4.78 is 2.27. The van der Waals surface area contributed by atoms with Gasteiger partial charge >= 0.3 is 0 Å². The van der Waals surface area contributed by atoms with Gasteiger partial charge in [-0.25, -0.2) is 0 Å². The number of hydrogen-bond acceptors (Lipinski definition) is 2. The van der Waals surface area contributed by atoms with Crippen LogP contribution in [0.3, 0.4) is 0 Å². The summed E-state index contributed by atoms with van der Waals surface area (Å²) in [5.41, 5.74) is 8.12. The first-order valence-corrected chi connectivity index (χ1v) is 5.74. The molecule has 0 spiro atoms. The van der Waals surface area contributed by atoms with Gasteiger partial charge in [0, 0.05) is 24.5 Å². The number of fused-ring (bicyclic) bond motifs is 1. The standard InChI is InChI=1S/C12H19N3O/c1-8-4-5-11-10(3)15(7-6-14(8)11)12(16)9(2)13/h4-5,9-10H,6-7,13H2,1-3H3/t9-,10?/m1/s1. The van der Waals surface area contributed by atoms with E-state index in [4.69, 9.17) is 5.73 Å². The molecule has 1 aromatic rings. The van der Waals surface area contributed by atoms with Gasteiger partial charge in [-0.05, 0) is 32.9 Å². The molecule has 1 aromatic heterocycles. The molecule has 4 heteroatoms. The second kappa shape index (κ2) is 3.94. The molecule has 2 heterocycles. The van der Waals surface area contributed by atoms with Gasteiger partial charge in [0.25, 0.3) is 0 Å². The highest BCUT2D eigenvalue weighted by Crippen LogP contribution is 2.27. The highest BCUT2D eigenvalue weighted by atomic mass is 16.2. The number of nitrogens with zero attached hydrogens (tertiary/aromatic N) is 2. The van der Waals surface area contributed by atoms with E-state index in [0.29, 0.717) is 0 Å². The molecule has 1 aliphatic rings. The lowest BCUT2D eigenvalue weighted by molar-refractivity contribution is -0.135. The molecule has 0 saturated heterocycles. The maximum absolute atomic E-state index is 11.9. The van der Waals surface area contributed by atoms with Crippen molar-refractivity contribution in [2.24, 2.45) is 5.73 Å². The number of rotatable bonds is 1. The molecule has 0 bridgehead atoms. The van der Waals surface area contributed by atoms with E-state index in [1.54, 1.807) is 6.92 Å². The van der Waals surface area contributed by atoms with Crippen LogP contribution in [0.4, 0.5) is 0 Å². The number of carbonyl (C=O) groups is 1. The first-order valence-electron chi connectivity index (χ1n) is 5.74. The molecule has 1 unspecified atom stereocenters. The Balaban J connectivity index is 2.28. The fraction of sp³-hybridized carbons (Fsp3) is 0.583. The fourth-order valence-corrected chi connectivity index (χ4v) is 2.38. The first kappa shape index (κ1) is 11.2. The molecule has 0 radical (unpaired) electrons. The summed E-state index contributed by atoms with van der Waals surface area (Å²) in [6.07, 6.45) is 0. The smallest absolute Gasteiger partial charge is 0.239 e. The highest BCUT2D eigenvalue weighted by Gasteiger charge is 2.29. The molecular formula is C12H19N3O. The van der Waals surface area contributed by atoms with E-state index >= 15 is 0 Å². The third-order valence-corrected chi connectivity index (χ3v) is 3.37. The predicted octanol–water partition coefficient (Wildman–Crippen LogP) is 1.05. The number of carbonyl (C=O) groups excluding carboxylic acids is 1. The van der Waals surface area contributed by atoms with Crippen molar-refractivity contribution in [2.75, 3.05) is 6.54 Å². The molecule has 0 aliphatic carbocycles. The number of hydrogen-bond donors (Lipinski definition) is 1. The van der Waals surface area contributed by atoms with Crippen LogP contribution in [-0.4, -0.2) is 28.0 Å². The van der Waals surface area contributed by atoms with Crippen LogP contribution < -0.4 is 5.73 Å². The van der Waals surface area contributed by atoms with Gasteiger partial charge in [0.1, 0.15) is 0 Å². The Bertz CT molecular complexity index is 408. The van der Waals surface area contributed by atoms with E-state index in [1.165, 1.54) is 11.4 Å². The minimum atomic E-state index is -0.412. The van der Waals surface area contributed by atoms with Crippen molar-refractivity contribution in [1.29, 1.82) is 0 Å². The Hall–Kier alpha value is -1.29. The van der Waals surface area contributed by atoms with Crippen LogP contribution >= 0.6 is 0 Å². The van der Waals surface area contributed by atoms with Crippen molar-refractivity contribution in [1.82, 2.24) is 9.47 Å². The molecule has 2 rings (SSSR count). The molecule has 1 amide bonds. The molecule has 4 nitrogen and oxygen atoms in total. The van der Waals surface area contributed by atoms with E-state index < -0.39 is 6.04 Å². The Morgan fingerprint density at radius 2 is 2.19 bits per heavy atom. The van der Waals surface area contributed by atoms with E-state index in [1.807, 2.05) is 4.90 Å². The summed E-state index contributed by atoms with van der Waals surface area (Å²) >= 11 is 0. The topological polar surface area (TPSA) is 51.3 Å². The summed E-state index contributed by atoms with van der Waals surface area (Å²) in [7, 11) is 0. The minimum Gasteiger partial charge on any atom is -0.345 e. The molecule has 2 atom stereocenters. The summed E-state index contributed by atoms with van der Waals surface area (Å²) in [6.45, 7) is 7.53. The molecule has 16 heavy (non-hydrogen) atoms. The Labute approximate surface area is 96.0 Å². The molecule has 0 aromatic carbocycles. The molecule has 2 N–H and O–H groups in total. The number of nitrogens with two attached hydrogens (primary N) is 1. The summed E-state index contributed by atoms with van der Waals surface area (Å²) in [6, 6.07) is 3.91. The van der Waals surface area contributed by atoms with Gasteiger partial charge in [-0.2, -0.15) is 0 Å². The largest absolute Gasteiger partial charge is 0.345 e. The third kappa shape index (κ3) is 1.63. The van der Waals surface area contributed by atoms with Crippen molar-refractivity contribution in [3.8, 4) is 0 Å². The van der Waals surface area contributed by atoms with Crippen molar-refractivity contribution >= 4 is 5.91 Å². The lowest BCUT2D eigenvalue weighted by atomic mass is 10.1. The van der Waals surface area contributed by atoms with E-state index in [-0.39, 0.29) is 11.9 Å². The van der Waals surface area contributed by atoms with E-state index in [2.05, 4.69) is 30.5 Å². The van der Waals surface area contributed by atoms with E-state index in [0.717, 1.165) is 13.1 Å². The van der Waals surface area contributed by atoms with E-state index in [9.17, 15) is 4.79 Å². The lowest BCUT2D eigenvalue weighted by Gasteiger charge is -2.36. The Morgan fingerprint density at radius 1 is 1.50 bits per heavy atom. The molecule has 0 saturated carbocycles. The van der Waals surface area contributed by atoms with Gasteiger partial charge in [-0.1, -0.05) is 0 Å². The van der Waals surface area contributed by atoms with Gasteiger partial charge < -0.3 is 15.2 Å². The maximum atomic E-state index is 11.9. The van der Waals surface area contributed by atoms with Gasteiger partial charge in [-0.15, -0.1) is 0 Å². The molecule has 88 valence electrons. The third-order valence-electron chi connectivity index (χ3n) is 3.37. The van der Waals surface area contributed by atoms with Crippen molar-refractivity contribution < 1.29 is 4.79 Å². The zero-order valence-electron chi connectivity index (χ0n) is 10.1. The summed E-state index contributed by atoms with van der Waals surface area (Å²) in [5, 5.41) is 0. The molecule has 1 aliphatic heterocycles. The SMILES string of the molecule is Cc1ccc2n1CCN(C(=O)[C@@H](C)N)C2C. The molecular weight excluding hydrogens is 202 g/mol. The second-order valence-electron chi connectivity index (χ2n) is 4.55. The molecule has 0 fully saturated rings. The number of aromatic nitrogens is 1. The van der Waals surface area contributed by atoms with Crippen molar-refractivity contribution in [3.05, 3.63) is 23.5 Å². The van der Waals surface area contributed by atoms with Crippen LogP contribution in [0.15, 0.2) is 12.1 Å². The predicted molar refractivity (Wildman–Crippen MR) is 62.9 cm³/mol. The second-order valence-corrected chi connectivity index (χ2v) is 4.55. The fourth-order valence-electron chi connectivity index (χ4n) is 2.38. The van der Waals surface area contributed by atoms with Crippen molar-refractivity contribution in [2.45, 2.75) is 39.4 Å². The normalized spacial score (nSPS) is 21.8. The van der Waals surface area contributed by atoms with Crippen LogP contribution in [0.2, 0.25) is 0 Å². The Kier molecular flexibility index (Phi) is 2.76. The van der Waals surface area contributed by atoms with Crippen LogP contribution in [0.5, 0.6) is 0 Å². The average Bonchev–Trinajstić information content (AvgIpc) is 2.61. The van der Waals surface area contributed by atoms with Gasteiger partial charge in [-0.3, -0.25) is 4.79 Å². The summed E-state index contributed by atoms with van der Waals surface area (Å²) in [4.78, 5) is 13.8. The average molecular weight is 221 g/mol. The zero-order chi connectivity index (χ0) is 11.9. The lowest BCUT2D eigenvalue weighted by Crippen LogP contribution is -2.47. The van der Waals surface area contributed by atoms with Crippen LogP contribution in [0, 0.1) is 6.92 Å². The first-order chi connectivity index (χ1) is 7.52. The van der Waals surface area contributed by atoms with Gasteiger partial charge in [0.2, 0.25) is 5.91 Å². The van der Waals surface area contributed by atoms with Crippen LogP contribution in [-0.2, 0) is 11.3 Å². The van der Waals surface area contributed by atoms with Crippen LogP contribution in [0.25, 0.3) is 0 Å². The Morgan fingerprint density at radius 3 is 2.81 bits per heavy atom.